The van der Waals surface area contributed by atoms with Gasteiger partial charge < -0.3 is 9.32 Å². The summed E-state index contributed by atoms with van der Waals surface area (Å²) in [6.07, 6.45) is 2.44. The average Bonchev–Trinajstić information content (AvgIpc) is 3.10. The van der Waals surface area contributed by atoms with E-state index in [4.69, 9.17) is 4.42 Å². The number of rotatable bonds is 4. The minimum atomic E-state index is -2.54. The Labute approximate surface area is 142 Å². The van der Waals surface area contributed by atoms with Gasteiger partial charge in [0.1, 0.15) is 5.82 Å². The van der Waals surface area contributed by atoms with Crippen LogP contribution in [-0.4, -0.2) is 33.3 Å². The van der Waals surface area contributed by atoms with Crippen molar-refractivity contribution in [3.63, 3.8) is 0 Å². The molecule has 8 heteroatoms. The largest absolute Gasteiger partial charge is 0.420 e. The van der Waals surface area contributed by atoms with Crippen LogP contribution in [0.25, 0.3) is 11.5 Å². The van der Waals surface area contributed by atoms with Crippen LogP contribution in [0.5, 0.6) is 0 Å². The van der Waals surface area contributed by atoms with E-state index in [1.165, 1.54) is 12.1 Å². The van der Waals surface area contributed by atoms with Gasteiger partial charge in [0.15, 0.2) is 0 Å². The first kappa shape index (κ1) is 15.6. The van der Waals surface area contributed by atoms with Crippen molar-refractivity contribution in [3.05, 3.63) is 54.3 Å². The first-order chi connectivity index (χ1) is 12.0. The number of halogens is 2. The molecule has 1 fully saturated rings. The third-order valence-electron chi connectivity index (χ3n) is 4.28. The van der Waals surface area contributed by atoms with Crippen molar-refractivity contribution in [2.24, 2.45) is 0 Å². The fourth-order valence-electron chi connectivity index (χ4n) is 2.94. The van der Waals surface area contributed by atoms with E-state index in [0.29, 0.717) is 24.5 Å². The van der Waals surface area contributed by atoms with Crippen LogP contribution in [0.4, 0.5) is 14.6 Å². The van der Waals surface area contributed by atoms with Crippen molar-refractivity contribution < 1.29 is 13.2 Å². The number of alkyl halides is 2. The number of anilines is 1. The van der Waals surface area contributed by atoms with E-state index in [9.17, 15) is 8.78 Å². The fraction of sp³-hybridized carbons (Fsp3) is 0.294. The van der Waals surface area contributed by atoms with Gasteiger partial charge in [-0.25, -0.2) is 13.8 Å². The average molecular weight is 343 g/mol. The number of hydrogen-bond acceptors (Lipinski definition) is 6. The van der Waals surface area contributed by atoms with Crippen molar-refractivity contribution in [3.8, 4) is 11.5 Å². The maximum Gasteiger partial charge on any atom is 0.263 e. The van der Waals surface area contributed by atoms with Crippen LogP contribution in [0, 0.1) is 0 Å². The lowest BCUT2D eigenvalue weighted by molar-refractivity contribution is 0.151. The number of benzene rings is 1. The Morgan fingerprint density at radius 3 is 2.76 bits per heavy atom. The quantitative estimate of drug-likeness (QED) is 0.724. The van der Waals surface area contributed by atoms with Gasteiger partial charge in [-0.05, 0) is 19.1 Å². The minimum absolute atomic E-state index is 0.0686. The fourth-order valence-corrected chi connectivity index (χ4v) is 2.94. The molecule has 0 saturated carbocycles. The van der Waals surface area contributed by atoms with Crippen LogP contribution in [0.1, 0.15) is 24.8 Å². The van der Waals surface area contributed by atoms with E-state index >= 15 is 0 Å². The first-order valence-electron chi connectivity index (χ1n) is 7.79. The second kappa shape index (κ2) is 5.87. The summed E-state index contributed by atoms with van der Waals surface area (Å²) < 4.78 is 31.4. The molecule has 25 heavy (non-hydrogen) atoms. The molecule has 0 bridgehead atoms. The molecule has 1 aromatic carbocycles. The number of hydrogen-bond donors (Lipinski definition) is 0. The normalized spacial score (nSPS) is 16.1. The minimum Gasteiger partial charge on any atom is -0.420 e. The molecule has 3 heterocycles. The molecule has 1 aliphatic heterocycles. The summed E-state index contributed by atoms with van der Waals surface area (Å²) in [5.74, 6) is 1.53. The number of aromatic nitrogens is 4. The second-order valence-corrected chi connectivity index (χ2v) is 6.32. The molecule has 6 nitrogen and oxygen atoms in total. The van der Waals surface area contributed by atoms with Gasteiger partial charge in [-0.3, -0.25) is 4.98 Å². The predicted molar refractivity (Wildman–Crippen MR) is 86.3 cm³/mol. The van der Waals surface area contributed by atoms with Crippen molar-refractivity contribution in [2.45, 2.75) is 18.8 Å². The predicted octanol–water partition coefficient (Wildman–Crippen LogP) is 3.24. The lowest BCUT2D eigenvalue weighted by Crippen LogP contribution is -2.58. The van der Waals surface area contributed by atoms with Crippen LogP contribution in [-0.2, 0) is 5.41 Å². The summed E-state index contributed by atoms with van der Waals surface area (Å²) in [6.45, 7) is 3.36. The highest BCUT2D eigenvalue weighted by atomic mass is 19.3. The van der Waals surface area contributed by atoms with E-state index in [2.05, 4.69) is 25.1 Å². The van der Waals surface area contributed by atoms with Crippen molar-refractivity contribution >= 4 is 5.82 Å². The van der Waals surface area contributed by atoms with E-state index in [1.807, 2.05) is 6.92 Å². The van der Waals surface area contributed by atoms with Gasteiger partial charge in [0.2, 0.25) is 11.8 Å². The summed E-state index contributed by atoms with van der Waals surface area (Å²) in [7, 11) is 0. The Balaban J connectivity index is 1.53. The second-order valence-electron chi connectivity index (χ2n) is 6.32. The third kappa shape index (κ3) is 2.84. The van der Waals surface area contributed by atoms with Gasteiger partial charge >= 0.3 is 0 Å². The van der Waals surface area contributed by atoms with Gasteiger partial charge in [0, 0.05) is 36.6 Å². The molecule has 128 valence electrons. The molecule has 0 spiro atoms. The zero-order chi connectivity index (χ0) is 17.4. The third-order valence-corrected chi connectivity index (χ3v) is 4.28. The highest BCUT2D eigenvalue weighted by molar-refractivity contribution is 5.54. The lowest BCUT2D eigenvalue weighted by atomic mass is 9.82. The molecule has 0 amide bonds. The Morgan fingerprint density at radius 1 is 1.20 bits per heavy atom. The monoisotopic (exact) mass is 343 g/mol. The summed E-state index contributed by atoms with van der Waals surface area (Å²) in [6, 6.07) is 5.98. The molecular weight excluding hydrogens is 328 g/mol. The Kier molecular flexibility index (Phi) is 3.67. The zero-order valence-corrected chi connectivity index (χ0v) is 13.4. The van der Waals surface area contributed by atoms with Gasteiger partial charge in [-0.2, -0.15) is 0 Å². The Hall–Kier alpha value is -2.90. The van der Waals surface area contributed by atoms with Crippen molar-refractivity contribution in [1.82, 2.24) is 20.2 Å². The molecule has 2 aromatic heterocycles. The van der Waals surface area contributed by atoms with E-state index in [1.54, 1.807) is 30.7 Å². The molecular formula is C17H15F2N5O. The molecule has 0 radical (unpaired) electrons. The summed E-state index contributed by atoms with van der Waals surface area (Å²) >= 11 is 0. The molecule has 0 N–H and O–H groups in total. The standard InChI is InChI=1S/C17H15F2N5O/c1-17(9-24(10-17)13-8-20-5-6-21-13)16-23-22-15(25-16)12-4-2-3-11(7-12)14(18)19/h2-8,14H,9-10H2,1H3. The van der Waals surface area contributed by atoms with E-state index < -0.39 is 6.43 Å². The van der Waals surface area contributed by atoms with Crippen LogP contribution >= 0.6 is 0 Å². The van der Waals surface area contributed by atoms with Crippen LogP contribution in [0.3, 0.4) is 0 Å². The van der Waals surface area contributed by atoms with Gasteiger partial charge in [0.05, 0.1) is 11.6 Å². The van der Waals surface area contributed by atoms with Gasteiger partial charge in [-0.1, -0.05) is 12.1 Å². The van der Waals surface area contributed by atoms with Crippen molar-refractivity contribution in [2.75, 3.05) is 18.0 Å². The molecule has 3 aromatic rings. The summed E-state index contributed by atoms with van der Waals surface area (Å²) in [5.41, 5.74) is 0.120. The van der Waals surface area contributed by atoms with E-state index in [0.717, 1.165) is 5.82 Å². The van der Waals surface area contributed by atoms with Crippen LogP contribution in [0.15, 0.2) is 47.3 Å². The maximum absolute atomic E-state index is 12.8. The topological polar surface area (TPSA) is 67.9 Å². The highest BCUT2D eigenvalue weighted by Gasteiger charge is 2.45. The molecule has 0 unspecified atom stereocenters. The molecule has 0 aliphatic carbocycles. The molecule has 4 rings (SSSR count). The summed E-state index contributed by atoms with van der Waals surface area (Å²) in [4.78, 5) is 10.4. The Morgan fingerprint density at radius 2 is 2.04 bits per heavy atom. The van der Waals surface area contributed by atoms with Crippen LogP contribution in [0.2, 0.25) is 0 Å². The van der Waals surface area contributed by atoms with Gasteiger partial charge in [-0.15, -0.1) is 10.2 Å². The van der Waals surface area contributed by atoms with Crippen LogP contribution < -0.4 is 4.90 Å². The zero-order valence-electron chi connectivity index (χ0n) is 13.4. The number of nitrogens with zero attached hydrogens (tertiary/aromatic N) is 5. The SMILES string of the molecule is CC1(c2nnc(-c3cccc(C(F)F)c3)o2)CN(c2cnccn2)C1. The summed E-state index contributed by atoms with van der Waals surface area (Å²) in [5, 5.41) is 8.15. The maximum atomic E-state index is 12.8. The first-order valence-corrected chi connectivity index (χ1v) is 7.79. The molecule has 0 atom stereocenters. The lowest BCUT2D eigenvalue weighted by Gasteiger charge is -2.46. The van der Waals surface area contributed by atoms with E-state index in [-0.39, 0.29) is 16.9 Å². The van der Waals surface area contributed by atoms with Gasteiger partial charge in [0.25, 0.3) is 6.43 Å². The highest BCUT2D eigenvalue weighted by Crippen LogP contribution is 2.36. The molecule has 1 aliphatic rings. The van der Waals surface area contributed by atoms with Crippen molar-refractivity contribution in [1.29, 1.82) is 0 Å². The smallest absolute Gasteiger partial charge is 0.263 e. The molecule has 1 saturated heterocycles. The Bertz CT molecular complexity index is 878.